The predicted molar refractivity (Wildman–Crippen MR) is 64.8 cm³/mol. The van der Waals surface area contributed by atoms with Crippen molar-refractivity contribution in [1.82, 2.24) is 4.90 Å². The Morgan fingerprint density at radius 1 is 1.47 bits per heavy atom. The largest absolute Gasteiger partial charge is 0.468 e. The number of anilines is 1. The summed E-state index contributed by atoms with van der Waals surface area (Å²) in [5.74, 6) is -0.849. The summed E-state index contributed by atoms with van der Waals surface area (Å²) in [6.07, 6.45) is 0. The maximum absolute atomic E-state index is 11.9. The zero-order valence-corrected chi connectivity index (χ0v) is 10.3. The number of hydrogen-bond donors (Lipinski definition) is 1. The minimum atomic E-state index is -0.492. The Kier molecular flexibility index (Phi) is 4.34. The van der Waals surface area contributed by atoms with Crippen LogP contribution in [-0.2, 0) is 9.53 Å². The van der Waals surface area contributed by atoms with E-state index in [1.165, 1.54) is 31.2 Å². The lowest BCUT2D eigenvalue weighted by atomic mass is 10.1. The molecule has 0 saturated heterocycles. The summed E-state index contributed by atoms with van der Waals surface area (Å²) in [5.41, 5.74) is 6.26. The average molecular weight is 257 g/mol. The molecule has 1 rings (SSSR count). The highest BCUT2D eigenvalue weighted by Crippen LogP contribution is 2.19. The van der Waals surface area contributed by atoms with Gasteiger partial charge >= 0.3 is 5.97 Å². The molecule has 0 fully saturated rings. The Labute approximate surface area is 104 Å². The van der Waals surface area contributed by atoms with Crippen molar-refractivity contribution in [3.05, 3.63) is 28.8 Å². The summed E-state index contributed by atoms with van der Waals surface area (Å²) in [4.78, 5) is 24.2. The van der Waals surface area contributed by atoms with Gasteiger partial charge in [0.15, 0.2) is 0 Å². The van der Waals surface area contributed by atoms with Gasteiger partial charge in [0.05, 0.1) is 12.7 Å². The molecule has 0 radical (unpaired) electrons. The van der Waals surface area contributed by atoms with Gasteiger partial charge in [0.2, 0.25) is 0 Å². The SMILES string of the molecule is COC(=O)CN(C)C(=O)c1ccc(Cl)cc1N. The van der Waals surface area contributed by atoms with E-state index in [-0.39, 0.29) is 18.1 Å². The van der Waals surface area contributed by atoms with Gasteiger partial charge < -0.3 is 15.4 Å². The molecule has 1 amide bonds. The Morgan fingerprint density at radius 3 is 2.65 bits per heavy atom. The van der Waals surface area contributed by atoms with Gasteiger partial charge in [-0.15, -0.1) is 0 Å². The molecule has 1 aromatic rings. The quantitative estimate of drug-likeness (QED) is 0.651. The number of carbonyl (C=O) groups is 2. The third-order valence-corrected chi connectivity index (χ3v) is 2.42. The molecule has 0 atom stereocenters. The molecule has 0 bridgehead atoms. The van der Waals surface area contributed by atoms with Crippen molar-refractivity contribution in [2.45, 2.75) is 0 Å². The number of methoxy groups -OCH3 is 1. The first kappa shape index (κ1) is 13.3. The zero-order valence-electron chi connectivity index (χ0n) is 9.57. The highest BCUT2D eigenvalue weighted by Gasteiger charge is 2.17. The monoisotopic (exact) mass is 256 g/mol. The molecule has 0 spiro atoms. The van der Waals surface area contributed by atoms with E-state index in [9.17, 15) is 9.59 Å². The van der Waals surface area contributed by atoms with Crippen molar-refractivity contribution in [3.8, 4) is 0 Å². The maximum Gasteiger partial charge on any atom is 0.325 e. The van der Waals surface area contributed by atoms with Crippen molar-refractivity contribution in [2.24, 2.45) is 0 Å². The zero-order chi connectivity index (χ0) is 13.0. The van der Waals surface area contributed by atoms with Gasteiger partial charge in [0, 0.05) is 17.8 Å². The molecule has 0 aliphatic heterocycles. The molecule has 0 heterocycles. The number of nitrogens with zero attached hydrogens (tertiary/aromatic N) is 1. The summed E-state index contributed by atoms with van der Waals surface area (Å²) >= 11 is 5.73. The van der Waals surface area contributed by atoms with Crippen LogP contribution in [0.4, 0.5) is 5.69 Å². The Morgan fingerprint density at radius 2 is 2.12 bits per heavy atom. The van der Waals surface area contributed by atoms with Crippen LogP contribution in [0.25, 0.3) is 0 Å². The van der Waals surface area contributed by atoms with Gasteiger partial charge in [-0.05, 0) is 18.2 Å². The molecule has 1 aromatic carbocycles. The number of amides is 1. The molecule has 92 valence electrons. The maximum atomic E-state index is 11.9. The molecule has 17 heavy (non-hydrogen) atoms. The predicted octanol–water partition coefficient (Wildman–Crippen LogP) is 1.17. The summed E-state index contributed by atoms with van der Waals surface area (Å²) in [5, 5.41) is 0.453. The molecule has 0 unspecified atom stereocenters. The lowest BCUT2D eigenvalue weighted by Gasteiger charge is -2.16. The number of halogens is 1. The number of likely N-dealkylation sites (N-methyl/N-ethyl adjacent to an activating group) is 1. The molecular formula is C11H13ClN2O3. The second-order valence-corrected chi connectivity index (χ2v) is 3.91. The molecule has 0 aliphatic carbocycles. The number of nitrogen functional groups attached to an aromatic ring is 1. The first-order chi connectivity index (χ1) is 7.95. The number of nitrogens with two attached hydrogens (primary N) is 1. The van der Waals surface area contributed by atoms with Gasteiger partial charge in [0.25, 0.3) is 5.91 Å². The van der Waals surface area contributed by atoms with Gasteiger partial charge in [-0.3, -0.25) is 9.59 Å². The topological polar surface area (TPSA) is 72.6 Å². The number of rotatable bonds is 3. The normalized spacial score (nSPS) is 9.82. The summed E-state index contributed by atoms with van der Waals surface area (Å²) in [6.45, 7) is -0.128. The van der Waals surface area contributed by atoms with E-state index in [2.05, 4.69) is 4.74 Å². The fourth-order valence-electron chi connectivity index (χ4n) is 1.26. The number of esters is 1. The number of ether oxygens (including phenoxy) is 1. The molecule has 0 aromatic heterocycles. The van der Waals surface area contributed by atoms with Crippen LogP contribution in [0.1, 0.15) is 10.4 Å². The van der Waals surface area contributed by atoms with Crippen molar-refractivity contribution in [1.29, 1.82) is 0 Å². The highest BCUT2D eigenvalue weighted by molar-refractivity contribution is 6.31. The van der Waals surface area contributed by atoms with E-state index in [0.717, 1.165) is 0 Å². The number of hydrogen-bond acceptors (Lipinski definition) is 4. The molecule has 6 heteroatoms. The van der Waals surface area contributed by atoms with E-state index in [0.29, 0.717) is 10.6 Å². The lowest BCUT2D eigenvalue weighted by molar-refractivity contribution is -0.141. The van der Waals surface area contributed by atoms with E-state index in [1.54, 1.807) is 6.07 Å². The van der Waals surface area contributed by atoms with Crippen LogP contribution >= 0.6 is 11.6 Å². The number of benzene rings is 1. The van der Waals surface area contributed by atoms with E-state index < -0.39 is 5.97 Å². The van der Waals surface area contributed by atoms with Crippen LogP contribution in [0.2, 0.25) is 5.02 Å². The third-order valence-electron chi connectivity index (χ3n) is 2.18. The van der Waals surface area contributed by atoms with Crippen LogP contribution < -0.4 is 5.73 Å². The lowest BCUT2D eigenvalue weighted by Crippen LogP contribution is -2.33. The minimum absolute atomic E-state index is 0.128. The Hall–Kier alpha value is -1.75. The first-order valence-corrected chi connectivity index (χ1v) is 5.20. The van der Waals surface area contributed by atoms with E-state index >= 15 is 0 Å². The fourth-order valence-corrected chi connectivity index (χ4v) is 1.44. The standard InChI is InChI=1S/C11H13ClN2O3/c1-14(6-10(15)17-2)11(16)8-4-3-7(12)5-9(8)13/h3-5H,6,13H2,1-2H3. The van der Waals surface area contributed by atoms with Gasteiger partial charge in [-0.25, -0.2) is 0 Å². The molecule has 5 nitrogen and oxygen atoms in total. The second kappa shape index (κ2) is 5.54. The van der Waals surface area contributed by atoms with Crippen molar-refractivity contribution in [3.63, 3.8) is 0 Å². The van der Waals surface area contributed by atoms with Gasteiger partial charge in [0.1, 0.15) is 6.54 Å². The summed E-state index contributed by atoms with van der Waals surface area (Å²) in [6, 6.07) is 4.58. The van der Waals surface area contributed by atoms with E-state index in [4.69, 9.17) is 17.3 Å². The second-order valence-electron chi connectivity index (χ2n) is 3.47. The molecule has 0 aliphatic rings. The average Bonchev–Trinajstić information content (AvgIpc) is 2.28. The molecule has 2 N–H and O–H groups in total. The number of carbonyl (C=O) groups excluding carboxylic acids is 2. The van der Waals surface area contributed by atoms with Gasteiger partial charge in [-0.2, -0.15) is 0 Å². The fraction of sp³-hybridized carbons (Fsp3) is 0.273. The van der Waals surface area contributed by atoms with Crippen LogP contribution in [0, 0.1) is 0 Å². The van der Waals surface area contributed by atoms with Gasteiger partial charge in [-0.1, -0.05) is 11.6 Å². The molecular weight excluding hydrogens is 244 g/mol. The minimum Gasteiger partial charge on any atom is -0.468 e. The van der Waals surface area contributed by atoms with Crippen LogP contribution in [0.3, 0.4) is 0 Å². The van der Waals surface area contributed by atoms with E-state index in [1.807, 2.05) is 0 Å². The van der Waals surface area contributed by atoms with Crippen molar-refractivity contribution < 1.29 is 14.3 Å². The van der Waals surface area contributed by atoms with Crippen molar-refractivity contribution >= 4 is 29.2 Å². The Bertz CT molecular complexity index is 448. The van der Waals surface area contributed by atoms with Crippen LogP contribution in [0.15, 0.2) is 18.2 Å². The summed E-state index contributed by atoms with van der Waals surface area (Å²) in [7, 11) is 2.75. The Balaban J connectivity index is 2.85. The van der Waals surface area contributed by atoms with Crippen molar-refractivity contribution in [2.75, 3.05) is 26.4 Å². The third kappa shape index (κ3) is 3.35. The van der Waals surface area contributed by atoms with Crippen LogP contribution in [-0.4, -0.2) is 37.5 Å². The molecule has 0 saturated carbocycles. The van der Waals surface area contributed by atoms with Crippen LogP contribution in [0.5, 0.6) is 0 Å². The highest BCUT2D eigenvalue weighted by atomic mass is 35.5. The summed E-state index contributed by atoms with van der Waals surface area (Å²) < 4.78 is 4.47. The smallest absolute Gasteiger partial charge is 0.325 e. The first-order valence-electron chi connectivity index (χ1n) is 4.83.